The van der Waals surface area contributed by atoms with Crippen molar-refractivity contribution in [3.05, 3.63) is 44.8 Å². The Morgan fingerprint density at radius 3 is 2.74 bits per heavy atom. The Morgan fingerprint density at radius 2 is 2.11 bits per heavy atom. The van der Waals surface area contributed by atoms with E-state index in [1.54, 1.807) is 19.1 Å². The Labute approximate surface area is 154 Å². The van der Waals surface area contributed by atoms with Crippen LogP contribution in [0.15, 0.2) is 27.9 Å². The summed E-state index contributed by atoms with van der Waals surface area (Å²) in [4.78, 5) is 37.0. The van der Waals surface area contributed by atoms with Gasteiger partial charge in [-0.1, -0.05) is 6.08 Å². The van der Waals surface area contributed by atoms with Crippen molar-refractivity contribution in [3.63, 3.8) is 0 Å². The van der Waals surface area contributed by atoms with Gasteiger partial charge in [0.15, 0.2) is 6.23 Å². The van der Waals surface area contributed by atoms with Gasteiger partial charge in [-0.05, 0) is 19.9 Å². The molecule has 2 N–H and O–H groups in total. The largest absolute Gasteiger partial charge is 0.468 e. The van der Waals surface area contributed by atoms with Gasteiger partial charge in [-0.2, -0.15) is 0 Å². The number of esters is 1. The van der Waals surface area contributed by atoms with Crippen molar-refractivity contribution in [2.45, 2.75) is 32.2 Å². The van der Waals surface area contributed by atoms with E-state index in [1.807, 2.05) is 0 Å². The Balaban J connectivity index is 1.98. The molecule has 11 nitrogen and oxygen atoms in total. The number of nitrogens with one attached hydrogen (secondary N) is 2. The normalized spacial score (nSPS) is 22.4. The third-order valence-electron chi connectivity index (χ3n) is 3.78. The van der Waals surface area contributed by atoms with E-state index in [9.17, 15) is 18.9 Å². The van der Waals surface area contributed by atoms with Crippen molar-refractivity contribution in [3.8, 4) is 0 Å². The predicted octanol–water partition coefficient (Wildman–Crippen LogP) is 0.221. The number of H-pyrrole nitrogens is 1. The molecule has 0 aliphatic carbocycles. The first-order valence-corrected chi connectivity index (χ1v) is 9.55. The SMILES string of the molecule is COC(=O)C(C)NP(=O)(OC)OC[C@@H]1C=C[C@H](n2cc(C)c(=O)[nH]c2=O)O1. The summed E-state index contributed by atoms with van der Waals surface area (Å²) in [7, 11) is -1.39. The van der Waals surface area contributed by atoms with Crippen molar-refractivity contribution in [1.29, 1.82) is 0 Å². The average Bonchev–Trinajstić information content (AvgIpc) is 3.11. The molecule has 12 heteroatoms. The van der Waals surface area contributed by atoms with E-state index >= 15 is 0 Å². The predicted molar refractivity (Wildman–Crippen MR) is 94.3 cm³/mol. The zero-order chi connectivity index (χ0) is 20.2. The van der Waals surface area contributed by atoms with Gasteiger partial charge in [0.1, 0.15) is 12.1 Å². The molecule has 2 unspecified atom stereocenters. The third-order valence-corrected chi connectivity index (χ3v) is 5.45. The summed E-state index contributed by atoms with van der Waals surface area (Å²) in [6.45, 7) is 2.86. The zero-order valence-electron chi connectivity index (χ0n) is 15.3. The highest BCUT2D eigenvalue weighted by atomic mass is 31.2. The molecule has 0 spiro atoms. The number of rotatable bonds is 8. The van der Waals surface area contributed by atoms with Crippen LogP contribution in [0.5, 0.6) is 0 Å². The van der Waals surface area contributed by atoms with Gasteiger partial charge in [0.05, 0.1) is 13.7 Å². The number of carbonyl (C=O) groups is 1. The van der Waals surface area contributed by atoms with Gasteiger partial charge in [0.25, 0.3) is 5.56 Å². The Hall–Kier alpha value is -2.04. The number of nitrogens with zero attached hydrogens (tertiary/aromatic N) is 1. The van der Waals surface area contributed by atoms with E-state index in [-0.39, 0.29) is 6.61 Å². The Bertz CT molecular complexity index is 877. The highest BCUT2D eigenvalue weighted by Crippen LogP contribution is 2.43. The number of aromatic nitrogens is 2. The first kappa shape index (κ1) is 21.3. The van der Waals surface area contributed by atoms with Crippen molar-refractivity contribution in [2.24, 2.45) is 0 Å². The topological polar surface area (TPSA) is 138 Å². The first-order chi connectivity index (χ1) is 12.7. The molecule has 0 amide bonds. The summed E-state index contributed by atoms with van der Waals surface area (Å²) < 4.78 is 34.1. The highest BCUT2D eigenvalue weighted by molar-refractivity contribution is 7.51. The average molecular weight is 403 g/mol. The van der Waals surface area contributed by atoms with Gasteiger partial charge in [-0.25, -0.2) is 14.4 Å². The molecule has 0 radical (unpaired) electrons. The highest BCUT2D eigenvalue weighted by Gasteiger charge is 2.31. The van der Waals surface area contributed by atoms with Crippen LogP contribution in [0.4, 0.5) is 0 Å². The fourth-order valence-electron chi connectivity index (χ4n) is 2.30. The molecule has 1 aromatic heterocycles. The number of aromatic amines is 1. The van der Waals surface area contributed by atoms with E-state index in [4.69, 9.17) is 13.8 Å². The van der Waals surface area contributed by atoms with Gasteiger partial charge in [0, 0.05) is 18.9 Å². The second kappa shape index (κ2) is 8.77. The van der Waals surface area contributed by atoms with Crippen LogP contribution in [0.25, 0.3) is 0 Å². The van der Waals surface area contributed by atoms with E-state index in [0.29, 0.717) is 5.56 Å². The summed E-state index contributed by atoms with van der Waals surface area (Å²) in [5.41, 5.74) is -0.723. The molecule has 4 atom stereocenters. The lowest BCUT2D eigenvalue weighted by atomic mass is 10.3. The van der Waals surface area contributed by atoms with Crippen LogP contribution in [0, 0.1) is 6.92 Å². The van der Waals surface area contributed by atoms with Crippen molar-refractivity contribution < 1.29 is 27.9 Å². The lowest BCUT2D eigenvalue weighted by Gasteiger charge is -2.22. The van der Waals surface area contributed by atoms with Gasteiger partial charge >= 0.3 is 19.4 Å². The summed E-state index contributed by atoms with van der Waals surface area (Å²) >= 11 is 0. The number of ether oxygens (including phenoxy) is 2. The minimum Gasteiger partial charge on any atom is -0.468 e. The molecular formula is C15H22N3O8P. The molecule has 0 saturated heterocycles. The van der Waals surface area contributed by atoms with Gasteiger partial charge in [0.2, 0.25) is 0 Å². The van der Waals surface area contributed by atoms with E-state index in [2.05, 4.69) is 14.8 Å². The van der Waals surface area contributed by atoms with Crippen molar-refractivity contribution >= 4 is 13.7 Å². The third kappa shape index (κ3) is 5.24. The quantitative estimate of drug-likeness (QED) is 0.355. The monoisotopic (exact) mass is 403 g/mol. The maximum absolute atomic E-state index is 12.5. The molecule has 2 heterocycles. The summed E-state index contributed by atoms with van der Waals surface area (Å²) in [6, 6.07) is -0.906. The van der Waals surface area contributed by atoms with Crippen LogP contribution >= 0.6 is 7.75 Å². The standard InChI is InChI=1S/C15H22N3O8P/c1-9-7-18(15(21)16-13(9)19)12-6-5-11(26-12)8-25-27(22,24-4)17-10(2)14(20)23-3/h5-7,10-12H,8H2,1-4H3,(H,17,22)(H,16,19,21)/t10?,11-,12+,27?/m0/s1. The van der Waals surface area contributed by atoms with Crippen LogP contribution in [0.2, 0.25) is 0 Å². The van der Waals surface area contributed by atoms with E-state index in [0.717, 1.165) is 0 Å². The fourth-order valence-corrected chi connectivity index (χ4v) is 3.51. The summed E-state index contributed by atoms with van der Waals surface area (Å²) in [6.07, 6.45) is 3.26. The smallest absolute Gasteiger partial charge is 0.406 e. The first-order valence-electron chi connectivity index (χ1n) is 8.01. The van der Waals surface area contributed by atoms with Crippen molar-refractivity contribution in [1.82, 2.24) is 14.6 Å². The van der Waals surface area contributed by atoms with Crippen LogP contribution in [-0.2, 0) is 27.9 Å². The molecule has 2 rings (SSSR count). The Kier molecular flexibility index (Phi) is 6.90. The van der Waals surface area contributed by atoms with Crippen molar-refractivity contribution in [2.75, 3.05) is 20.8 Å². The van der Waals surface area contributed by atoms with Gasteiger partial charge in [-0.15, -0.1) is 0 Å². The van der Waals surface area contributed by atoms with E-state index in [1.165, 1.54) is 31.9 Å². The van der Waals surface area contributed by atoms with Crippen LogP contribution in [-0.4, -0.2) is 48.5 Å². The molecule has 0 aromatic carbocycles. The van der Waals surface area contributed by atoms with Crippen LogP contribution < -0.4 is 16.3 Å². The lowest BCUT2D eigenvalue weighted by molar-refractivity contribution is -0.142. The van der Waals surface area contributed by atoms with Gasteiger partial charge in [-0.3, -0.25) is 23.7 Å². The van der Waals surface area contributed by atoms with Gasteiger partial charge < -0.3 is 14.0 Å². The Morgan fingerprint density at radius 1 is 1.41 bits per heavy atom. The van der Waals surface area contributed by atoms with E-state index < -0.39 is 43.3 Å². The fraction of sp³-hybridized carbons (Fsp3) is 0.533. The number of carbonyl (C=O) groups excluding carboxylic acids is 1. The second-order valence-electron chi connectivity index (χ2n) is 5.78. The molecule has 0 saturated carbocycles. The minimum absolute atomic E-state index is 0.157. The molecule has 27 heavy (non-hydrogen) atoms. The molecule has 150 valence electrons. The van der Waals surface area contributed by atoms with Crippen LogP contribution in [0.1, 0.15) is 18.7 Å². The minimum atomic E-state index is -3.77. The second-order valence-corrected chi connectivity index (χ2v) is 7.65. The number of aryl methyl sites for hydroxylation is 1. The summed E-state index contributed by atoms with van der Waals surface area (Å²) in [5.74, 6) is -0.624. The maximum atomic E-state index is 12.5. The molecule has 1 aliphatic heterocycles. The summed E-state index contributed by atoms with van der Waals surface area (Å²) in [5, 5.41) is 2.45. The molecule has 0 fully saturated rings. The maximum Gasteiger partial charge on any atom is 0.406 e. The number of hydrogen-bond acceptors (Lipinski definition) is 8. The number of hydrogen-bond donors (Lipinski definition) is 2. The molecule has 1 aromatic rings. The van der Waals surface area contributed by atoms with Crippen LogP contribution in [0.3, 0.4) is 0 Å². The zero-order valence-corrected chi connectivity index (χ0v) is 16.2. The lowest BCUT2D eigenvalue weighted by Crippen LogP contribution is -2.35. The molecular weight excluding hydrogens is 381 g/mol. The molecule has 1 aliphatic rings. The molecule has 0 bridgehead atoms. The number of methoxy groups -OCH3 is 1.